The zero-order chi connectivity index (χ0) is 35.5. The summed E-state index contributed by atoms with van der Waals surface area (Å²) < 4.78 is 55.8. The molecule has 4 amide bonds. The first-order chi connectivity index (χ1) is 23.3. The summed E-state index contributed by atoms with van der Waals surface area (Å²) in [5.74, 6) is -5.00. The highest BCUT2D eigenvalue weighted by atomic mass is 19.4. The lowest BCUT2D eigenvalue weighted by molar-refractivity contribution is -0.141. The number of nitrogens with zero attached hydrogens (tertiary/aromatic N) is 6. The highest BCUT2D eigenvalue weighted by molar-refractivity contribution is 6.05. The Morgan fingerprint density at radius 3 is 2.33 bits per heavy atom. The maximum Gasteiger partial charge on any atom is 0.433 e. The molecule has 16 heteroatoms. The molecule has 49 heavy (non-hydrogen) atoms. The van der Waals surface area contributed by atoms with E-state index in [-0.39, 0.29) is 18.8 Å². The standard InChI is InChI=1S/C33H30F4N8O4/c1-4-44-31-27(22(42-45(31)21-8-6-5-7-9-21)18-39-24(46)14-15-25(47)43(2)3)26(19-10-12-20(34)13-11-19)28(32(44)49)41-30(48)29-38-17-16-23(40-29)33(35,36)37/h5-17,26,28H,4,18H2,1-3H3,(H,39,46)(H,41,48)/b15-14+/t26-,28+/m1/s1. The van der Waals surface area contributed by atoms with E-state index in [1.54, 1.807) is 37.3 Å². The Kier molecular flexibility index (Phi) is 9.86. The van der Waals surface area contributed by atoms with Gasteiger partial charge >= 0.3 is 6.18 Å². The van der Waals surface area contributed by atoms with Gasteiger partial charge in [0, 0.05) is 50.5 Å². The maximum atomic E-state index is 14.3. The predicted octanol–water partition coefficient (Wildman–Crippen LogP) is 3.38. The van der Waals surface area contributed by atoms with Crippen molar-refractivity contribution in [3.63, 3.8) is 0 Å². The molecule has 0 aliphatic carbocycles. The molecule has 2 aromatic heterocycles. The SMILES string of the molecule is CCN1C(=O)[C@@H](NC(=O)c2nccc(C(F)(F)F)n2)[C@H](c2ccc(F)cc2)c2c(CNC(=O)/C=C/C(=O)N(C)C)nn(-c3ccccc3)c21. The fourth-order valence-electron chi connectivity index (χ4n) is 5.34. The number of carbonyl (C=O) groups is 4. The molecular formula is C33H30F4N8O4. The number of amides is 4. The number of benzene rings is 2. The first-order valence-electron chi connectivity index (χ1n) is 14.9. The van der Waals surface area contributed by atoms with Gasteiger partial charge in [-0.1, -0.05) is 30.3 Å². The Morgan fingerprint density at radius 2 is 1.69 bits per heavy atom. The summed E-state index contributed by atoms with van der Waals surface area (Å²) in [7, 11) is 3.05. The molecule has 2 aromatic carbocycles. The summed E-state index contributed by atoms with van der Waals surface area (Å²) in [6.07, 6.45) is -1.93. The van der Waals surface area contributed by atoms with Crippen molar-refractivity contribution in [2.24, 2.45) is 0 Å². The quantitative estimate of drug-likeness (QED) is 0.204. The van der Waals surface area contributed by atoms with Crippen LogP contribution in [0, 0.1) is 5.82 Å². The number of nitrogens with one attached hydrogen (secondary N) is 2. The van der Waals surface area contributed by atoms with Gasteiger partial charge in [-0.3, -0.25) is 24.1 Å². The lowest BCUT2D eigenvalue weighted by Crippen LogP contribution is -2.55. The minimum Gasteiger partial charge on any atom is -0.347 e. The maximum absolute atomic E-state index is 14.3. The van der Waals surface area contributed by atoms with Crippen molar-refractivity contribution in [1.29, 1.82) is 0 Å². The Hall–Kier alpha value is -5.93. The van der Waals surface area contributed by atoms with Gasteiger partial charge in [-0.2, -0.15) is 18.3 Å². The monoisotopic (exact) mass is 678 g/mol. The number of likely N-dealkylation sites (N-methyl/N-ethyl adjacent to an activating group) is 2. The van der Waals surface area contributed by atoms with Crippen LogP contribution in [-0.2, 0) is 27.1 Å². The molecule has 0 bridgehead atoms. The number of aromatic nitrogens is 4. The topological polar surface area (TPSA) is 142 Å². The lowest BCUT2D eigenvalue weighted by atomic mass is 9.81. The minimum absolute atomic E-state index is 0.0775. The van der Waals surface area contributed by atoms with E-state index in [1.165, 1.54) is 40.7 Å². The second-order valence-corrected chi connectivity index (χ2v) is 11.0. The van der Waals surface area contributed by atoms with Crippen molar-refractivity contribution in [2.75, 3.05) is 25.5 Å². The average molecular weight is 679 g/mol. The van der Waals surface area contributed by atoms with Crippen LogP contribution in [0.15, 0.2) is 79.0 Å². The first kappa shape index (κ1) is 34.4. The van der Waals surface area contributed by atoms with E-state index >= 15 is 0 Å². The number of hydrogen-bond acceptors (Lipinski definition) is 7. The molecule has 0 fully saturated rings. The third-order valence-electron chi connectivity index (χ3n) is 7.64. The number of rotatable bonds is 9. The molecule has 1 aliphatic rings. The van der Waals surface area contributed by atoms with Crippen LogP contribution in [0.1, 0.15) is 46.0 Å². The normalized spacial score (nSPS) is 16.0. The molecule has 4 aromatic rings. The molecule has 3 heterocycles. The van der Waals surface area contributed by atoms with Crippen molar-refractivity contribution < 1.29 is 36.7 Å². The Balaban J connectivity index is 1.65. The van der Waals surface area contributed by atoms with Crippen molar-refractivity contribution in [2.45, 2.75) is 31.6 Å². The molecule has 0 radical (unpaired) electrons. The zero-order valence-corrected chi connectivity index (χ0v) is 26.4. The van der Waals surface area contributed by atoms with Crippen molar-refractivity contribution in [3.05, 3.63) is 113 Å². The fraction of sp³-hybridized carbons (Fsp3) is 0.242. The van der Waals surface area contributed by atoms with Crippen LogP contribution in [0.3, 0.4) is 0 Å². The van der Waals surface area contributed by atoms with Crippen molar-refractivity contribution >= 4 is 29.4 Å². The van der Waals surface area contributed by atoms with E-state index in [9.17, 15) is 36.7 Å². The summed E-state index contributed by atoms with van der Waals surface area (Å²) >= 11 is 0. The van der Waals surface area contributed by atoms with Gasteiger partial charge in [0.05, 0.1) is 17.9 Å². The van der Waals surface area contributed by atoms with E-state index in [0.29, 0.717) is 28.7 Å². The van der Waals surface area contributed by atoms with Gasteiger partial charge in [0.1, 0.15) is 23.4 Å². The van der Waals surface area contributed by atoms with E-state index in [1.807, 2.05) is 0 Å². The first-order valence-corrected chi connectivity index (χ1v) is 14.9. The van der Waals surface area contributed by atoms with Crippen LogP contribution in [0.4, 0.5) is 23.4 Å². The van der Waals surface area contributed by atoms with Crippen LogP contribution >= 0.6 is 0 Å². The minimum atomic E-state index is -4.86. The van der Waals surface area contributed by atoms with Crippen molar-refractivity contribution in [3.8, 4) is 5.69 Å². The van der Waals surface area contributed by atoms with Crippen LogP contribution < -0.4 is 15.5 Å². The highest BCUT2D eigenvalue weighted by Crippen LogP contribution is 2.43. The number of carbonyl (C=O) groups excluding carboxylic acids is 4. The van der Waals surface area contributed by atoms with E-state index in [0.717, 1.165) is 30.5 Å². The van der Waals surface area contributed by atoms with Gasteiger partial charge < -0.3 is 15.5 Å². The molecular weight excluding hydrogens is 648 g/mol. The number of anilines is 1. The third kappa shape index (κ3) is 7.32. The second-order valence-electron chi connectivity index (χ2n) is 11.0. The average Bonchev–Trinajstić information content (AvgIpc) is 3.45. The van der Waals surface area contributed by atoms with Gasteiger partial charge in [0.25, 0.3) is 11.8 Å². The molecule has 2 N–H and O–H groups in total. The van der Waals surface area contributed by atoms with Gasteiger partial charge in [-0.25, -0.2) is 19.0 Å². The van der Waals surface area contributed by atoms with E-state index < -0.39 is 59.1 Å². The number of fused-ring (bicyclic) bond motifs is 1. The molecule has 254 valence electrons. The van der Waals surface area contributed by atoms with Gasteiger partial charge in [-0.05, 0) is 42.8 Å². The van der Waals surface area contributed by atoms with Crippen LogP contribution in [0.25, 0.3) is 5.69 Å². The molecule has 12 nitrogen and oxygen atoms in total. The fourth-order valence-corrected chi connectivity index (χ4v) is 5.34. The Bertz CT molecular complexity index is 1910. The summed E-state index contributed by atoms with van der Waals surface area (Å²) in [6, 6.07) is 13.1. The predicted molar refractivity (Wildman–Crippen MR) is 168 cm³/mol. The molecule has 5 rings (SSSR count). The van der Waals surface area contributed by atoms with Crippen LogP contribution in [-0.4, -0.2) is 75.0 Å². The van der Waals surface area contributed by atoms with Gasteiger partial charge in [0.2, 0.25) is 17.6 Å². The summed E-state index contributed by atoms with van der Waals surface area (Å²) in [6.45, 7) is 1.56. The Labute approximate surface area is 277 Å². The Morgan fingerprint density at radius 1 is 1.00 bits per heavy atom. The molecule has 0 saturated heterocycles. The van der Waals surface area contributed by atoms with Gasteiger partial charge in [0.15, 0.2) is 0 Å². The molecule has 0 spiro atoms. The number of alkyl halides is 3. The van der Waals surface area contributed by atoms with Crippen LogP contribution in [0.2, 0.25) is 0 Å². The number of halogens is 4. The van der Waals surface area contributed by atoms with Crippen molar-refractivity contribution in [1.82, 2.24) is 35.3 Å². The summed E-state index contributed by atoms with van der Waals surface area (Å²) in [5, 5.41) is 9.97. The number of para-hydroxylation sites is 1. The van der Waals surface area contributed by atoms with E-state index in [4.69, 9.17) is 5.10 Å². The summed E-state index contributed by atoms with van der Waals surface area (Å²) in [5.41, 5.74) is 0.198. The lowest BCUT2D eigenvalue weighted by Gasteiger charge is -2.38. The number of hydrogen-bond donors (Lipinski definition) is 2. The second kappa shape index (κ2) is 14.0. The van der Waals surface area contributed by atoms with E-state index in [2.05, 4.69) is 20.6 Å². The molecule has 1 aliphatic heterocycles. The zero-order valence-electron chi connectivity index (χ0n) is 26.4. The smallest absolute Gasteiger partial charge is 0.347 e. The van der Waals surface area contributed by atoms with Crippen LogP contribution in [0.5, 0.6) is 0 Å². The molecule has 0 saturated carbocycles. The summed E-state index contributed by atoms with van der Waals surface area (Å²) in [4.78, 5) is 62.1. The molecule has 2 atom stereocenters. The molecule has 0 unspecified atom stereocenters. The highest BCUT2D eigenvalue weighted by Gasteiger charge is 2.46. The van der Waals surface area contributed by atoms with Gasteiger partial charge in [-0.15, -0.1) is 0 Å². The third-order valence-corrected chi connectivity index (χ3v) is 7.64. The largest absolute Gasteiger partial charge is 0.433 e.